The second kappa shape index (κ2) is 8.47. The molecule has 0 saturated carbocycles. The maximum absolute atomic E-state index is 14.2. The first kappa shape index (κ1) is 21.6. The number of aryl methyl sites for hydroxylation is 1. The predicted molar refractivity (Wildman–Crippen MR) is 119 cm³/mol. The number of imidazole rings is 1. The maximum Gasteiger partial charge on any atom is 0.329 e. The molecule has 1 aromatic carbocycles. The Kier molecular flexibility index (Phi) is 5.90. The number of hydrogen-bond donors (Lipinski definition) is 1. The number of nitrogens with zero attached hydrogens (tertiary/aromatic N) is 5. The van der Waals surface area contributed by atoms with Crippen molar-refractivity contribution in [2.45, 2.75) is 26.9 Å². The number of rotatable bonds is 5. The lowest BCUT2D eigenvalue weighted by Crippen LogP contribution is -2.47. The van der Waals surface area contributed by atoms with Crippen molar-refractivity contribution in [3.05, 3.63) is 55.4 Å². The monoisotopic (exact) mass is 448 g/mol. The number of nitrogens with one attached hydrogen (secondary N) is 1. The van der Waals surface area contributed by atoms with Crippen LogP contribution in [0, 0.1) is 11.7 Å². The summed E-state index contributed by atoms with van der Waals surface area (Å²) in [5.74, 6) is 0.671. The van der Waals surface area contributed by atoms with Crippen molar-refractivity contribution in [3.63, 3.8) is 0 Å². The summed E-state index contributed by atoms with van der Waals surface area (Å²) in [5, 5.41) is 0.432. The molecule has 0 radical (unpaired) electrons. The Morgan fingerprint density at radius 1 is 1.19 bits per heavy atom. The van der Waals surface area contributed by atoms with Crippen molar-refractivity contribution >= 4 is 28.7 Å². The molecule has 1 fully saturated rings. The van der Waals surface area contributed by atoms with E-state index in [4.69, 9.17) is 11.6 Å². The minimum atomic E-state index is -0.482. The number of halogens is 2. The van der Waals surface area contributed by atoms with Crippen molar-refractivity contribution < 1.29 is 4.39 Å². The third kappa shape index (κ3) is 4.12. The summed E-state index contributed by atoms with van der Waals surface area (Å²) in [6, 6.07) is 4.73. The lowest BCUT2D eigenvalue weighted by Gasteiger charge is -2.35. The van der Waals surface area contributed by atoms with E-state index in [2.05, 4.69) is 33.6 Å². The SMILES string of the molecule is CC(C)Cn1c(N2CCN(Cc3c(F)cccc3Cl)CC2)nc2c1c(=O)[nH]c(=O)n2C. The highest BCUT2D eigenvalue weighted by atomic mass is 35.5. The van der Waals surface area contributed by atoms with E-state index < -0.39 is 11.2 Å². The van der Waals surface area contributed by atoms with Crippen molar-refractivity contribution in [2.75, 3.05) is 31.1 Å². The molecule has 4 rings (SSSR count). The summed E-state index contributed by atoms with van der Waals surface area (Å²) in [7, 11) is 1.60. The van der Waals surface area contributed by atoms with Gasteiger partial charge < -0.3 is 9.47 Å². The van der Waals surface area contributed by atoms with Crippen LogP contribution in [0.2, 0.25) is 5.02 Å². The van der Waals surface area contributed by atoms with Gasteiger partial charge in [-0.05, 0) is 18.1 Å². The zero-order valence-electron chi connectivity index (χ0n) is 17.9. The molecule has 0 bridgehead atoms. The Labute approximate surface area is 183 Å². The van der Waals surface area contributed by atoms with E-state index >= 15 is 0 Å². The van der Waals surface area contributed by atoms with E-state index in [9.17, 15) is 14.0 Å². The molecule has 1 saturated heterocycles. The number of piperazine rings is 1. The fourth-order valence-corrected chi connectivity index (χ4v) is 4.24. The van der Waals surface area contributed by atoms with Gasteiger partial charge in [-0.25, -0.2) is 9.18 Å². The quantitative estimate of drug-likeness (QED) is 0.647. The number of hydrogen-bond acceptors (Lipinski definition) is 5. The average molecular weight is 449 g/mol. The van der Waals surface area contributed by atoms with Crippen LogP contribution in [0.1, 0.15) is 19.4 Å². The standard InChI is InChI=1S/C21H26ClFN6O2/c1-13(2)11-29-17-18(26(3)21(31)25-19(17)30)24-20(29)28-9-7-27(8-10-28)12-14-15(22)5-4-6-16(14)23/h4-6,13H,7-12H2,1-3H3,(H,25,30,31). The Bertz CT molecular complexity index is 1200. The molecule has 31 heavy (non-hydrogen) atoms. The molecule has 0 atom stereocenters. The zero-order valence-corrected chi connectivity index (χ0v) is 18.6. The van der Waals surface area contributed by atoms with Crippen molar-refractivity contribution in [2.24, 2.45) is 13.0 Å². The third-order valence-electron chi connectivity index (χ3n) is 5.63. The molecule has 1 aliphatic heterocycles. The lowest BCUT2D eigenvalue weighted by atomic mass is 10.2. The molecule has 8 nitrogen and oxygen atoms in total. The maximum atomic E-state index is 14.2. The van der Waals surface area contributed by atoms with Gasteiger partial charge in [0.2, 0.25) is 5.95 Å². The first-order valence-corrected chi connectivity index (χ1v) is 10.7. The van der Waals surface area contributed by atoms with Crippen LogP contribution >= 0.6 is 11.6 Å². The smallest absolute Gasteiger partial charge is 0.329 e. The molecule has 3 aromatic rings. The second-order valence-electron chi connectivity index (χ2n) is 8.37. The number of anilines is 1. The molecular weight excluding hydrogens is 423 g/mol. The fourth-order valence-electron chi connectivity index (χ4n) is 4.02. The molecule has 0 aliphatic carbocycles. The molecule has 1 aliphatic rings. The lowest BCUT2D eigenvalue weighted by molar-refractivity contribution is 0.245. The van der Waals surface area contributed by atoms with Gasteiger partial charge in [0, 0.05) is 56.9 Å². The molecule has 10 heteroatoms. The summed E-state index contributed by atoms with van der Waals surface area (Å²) < 4.78 is 17.4. The second-order valence-corrected chi connectivity index (χ2v) is 8.78. The van der Waals surface area contributed by atoms with Crippen LogP contribution in [0.5, 0.6) is 0 Å². The molecule has 0 unspecified atom stereocenters. The first-order chi connectivity index (χ1) is 14.8. The Morgan fingerprint density at radius 2 is 1.90 bits per heavy atom. The van der Waals surface area contributed by atoms with Crippen LogP contribution in [0.4, 0.5) is 10.3 Å². The van der Waals surface area contributed by atoms with E-state index in [1.807, 2.05) is 4.57 Å². The molecule has 3 heterocycles. The molecule has 0 amide bonds. The minimum absolute atomic E-state index is 0.289. The van der Waals surface area contributed by atoms with Crippen LogP contribution in [0.25, 0.3) is 11.2 Å². The fraction of sp³-hybridized carbons (Fsp3) is 0.476. The number of fused-ring (bicyclic) bond motifs is 1. The average Bonchev–Trinajstić information content (AvgIpc) is 3.09. The number of aromatic nitrogens is 4. The number of H-pyrrole nitrogens is 1. The van der Waals surface area contributed by atoms with Gasteiger partial charge in [-0.15, -0.1) is 0 Å². The molecule has 0 spiro atoms. The van der Waals surface area contributed by atoms with Gasteiger partial charge in [-0.2, -0.15) is 4.98 Å². The van der Waals surface area contributed by atoms with Gasteiger partial charge in [-0.3, -0.25) is 19.2 Å². The van der Waals surface area contributed by atoms with Crippen molar-refractivity contribution in [3.8, 4) is 0 Å². The summed E-state index contributed by atoms with van der Waals surface area (Å²) >= 11 is 6.18. The molecule has 166 valence electrons. The highest BCUT2D eigenvalue weighted by Crippen LogP contribution is 2.24. The van der Waals surface area contributed by atoms with E-state index in [1.165, 1.54) is 10.6 Å². The zero-order chi connectivity index (χ0) is 22.3. The third-order valence-corrected chi connectivity index (χ3v) is 5.99. The molecule has 2 aromatic heterocycles. The molecule has 1 N–H and O–H groups in total. The van der Waals surface area contributed by atoms with Crippen LogP contribution in [0.15, 0.2) is 27.8 Å². The van der Waals surface area contributed by atoms with E-state index in [0.29, 0.717) is 67.0 Å². The van der Waals surface area contributed by atoms with Gasteiger partial charge in [0.15, 0.2) is 11.2 Å². The highest BCUT2D eigenvalue weighted by Gasteiger charge is 2.26. The van der Waals surface area contributed by atoms with Gasteiger partial charge >= 0.3 is 5.69 Å². The van der Waals surface area contributed by atoms with Gasteiger partial charge in [0.05, 0.1) is 0 Å². The van der Waals surface area contributed by atoms with E-state index in [-0.39, 0.29) is 11.7 Å². The normalized spacial score (nSPS) is 15.4. The Morgan fingerprint density at radius 3 is 2.55 bits per heavy atom. The molecular formula is C21H26ClFN6O2. The van der Waals surface area contributed by atoms with Gasteiger partial charge in [0.1, 0.15) is 5.82 Å². The van der Waals surface area contributed by atoms with Crippen LogP contribution in [0.3, 0.4) is 0 Å². The number of aromatic amines is 1. The van der Waals surface area contributed by atoms with Crippen LogP contribution in [-0.4, -0.2) is 50.2 Å². The Balaban J connectivity index is 1.61. The topological polar surface area (TPSA) is 79.2 Å². The minimum Gasteiger partial charge on any atom is -0.340 e. The number of benzene rings is 1. The van der Waals surface area contributed by atoms with E-state index in [1.54, 1.807) is 19.2 Å². The van der Waals surface area contributed by atoms with Crippen molar-refractivity contribution in [1.82, 2.24) is 24.0 Å². The predicted octanol–water partition coefficient (Wildman–Crippen LogP) is 2.19. The van der Waals surface area contributed by atoms with Crippen LogP contribution < -0.4 is 16.1 Å². The van der Waals surface area contributed by atoms with Crippen molar-refractivity contribution in [1.29, 1.82) is 0 Å². The van der Waals surface area contributed by atoms with Gasteiger partial charge in [-0.1, -0.05) is 31.5 Å². The Hall–Kier alpha value is -2.65. The summed E-state index contributed by atoms with van der Waals surface area (Å²) in [6.45, 7) is 7.92. The summed E-state index contributed by atoms with van der Waals surface area (Å²) in [6.07, 6.45) is 0. The summed E-state index contributed by atoms with van der Waals surface area (Å²) in [4.78, 5) is 35.9. The van der Waals surface area contributed by atoms with E-state index in [0.717, 1.165) is 0 Å². The highest BCUT2D eigenvalue weighted by molar-refractivity contribution is 6.31. The van der Waals surface area contributed by atoms with Crippen LogP contribution in [-0.2, 0) is 20.1 Å². The summed E-state index contributed by atoms with van der Waals surface area (Å²) in [5.41, 5.74) is 0.387. The largest absolute Gasteiger partial charge is 0.340 e. The first-order valence-electron chi connectivity index (χ1n) is 10.4. The van der Waals surface area contributed by atoms with Gasteiger partial charge in [0.25, 0.3) is 5.56 Å².